The van der Waals surface area contributed by atoms with Crippen molar-refractivity contribution in [3.63, 3.8) is 0 Å². The maximum atomic E-state index is 12.4. The van der Waals surface area contributed by atoms with Crippen molar-refractivity contribution in [1.29, 1.82) is 0 Å². The molecule has 0 aliphatic rings. The molecule has 2 aromatic carbocycles. The summed E-state index contributed by atoms with van der Waals surface area (Å²) in [4.78, 5) is 11.6. The van der Waals surface area contributed by atoms with Crippen LogP contribution in [0.2, 0.25) is 0 Å². The molecule has 0 amide bonds. The van der Waals surface area contributed by atoms with Crippen molar-refractivity contribution in [2.24, 2.45) is 0 Å². The number of nitrogens with zero attached hydrogens (tertiary/aromatic N) is 1. The van der Waals surface area contributed by atoms with Crippen LogP contribution in [0.1, 0.15) is 0 Å². The van der Waals surface area contributed by atoms with Crippen molar-refractivity contribution in [3.05, 3.63) is 52.6 Å². The summed E-state index contributed by atoms with van der Waals surface area (Å²) in [6, 6.07) is 10.2. The molecule has 2 rings (SSSR count). The third-order valence-electron chi connectivity index (χ3n) is 3.64. The van der Waals surface area contributed by atoms with Gasteiger partial charge in [-0.2, -0.15) is 0 Å². The molecule has 0 spiro atoms. The number of nitro groups is 1. The average Bonchev–Trinajstić information content (AvgIpc) is 2.61. The highest BCUT2D eigenvalue weighted by Gasteiger charge is 2.23. The number of likely N-dealkylation sites (N-methyl/N-ethyl adjacent to an activating group) is 1. The number of quaternary nitrogens is 1. The van der Waals surface area contributed by atoms with Gasteiger partial charge in [0.05, 0.1) is 44.1 Å². The highest BCUT2D eigenvalue weighted by atomic mass is 32.2. The molecule has 0 aromatic heterocycles. The molecule has 0 aliphatic carbocycles. The molecule has 10 heteroatoms. The number of nitrogens with one attached hydrogen (secondary N) is 2. The van der Waals surface area contributed by atoms with Crippen LogP contribution in [0.25, 0.3) is 0 Å². The fourth-order valence-corrected chi connectivity index (χ4v) is 3.29. The summed E-state index contributed by atoms with van der Waals surface area (Å²) in [5, 5.41) is 11.4. The summed E-state index contributed by atoms with van der Waals surface area (Å²) >= 11 is 0. The van der Waals surface area contributed by atoms with Gasteiger partial charge in [0.25, 0.3) is 0 Å². The molecule has 27 heavy (non-hydrogen) atoms. The van der Waals surface area contributed by atoms with E-state index in [1.54, 1.807) is 24.3 Å². The van der Waals surface area contributed by atoms with Crippen molar-refractivity contribution < 1.29 is 27.7 Å². The van der Waals surface area contributed by atoms with Gasteiger partial charge in [-0.3, -0.25) is 10.1 Å². The lowest BCUT2D eigenvalue weighted by molar-refractivity contribution is -0.856. The summed E-state index contributed by atoms with van der Waals surface area (Å²) in [7, 11) is 1.37. The topological polar surface area (TPSA) is 112 Å². The van der Waals surface area contributed by atoms with E-state index in [1.165, 1.54) is 19.2 Å². The molecule has 146 valence electrons. The SMILES string of the molecule is COc1ccccc1Oc1ccc(S(=O)(=O)NCC[NH+](C)C)cc1[N+](=O)[O-]. The summed E-state index contributed by atoms with van der Waals surface area (Å²) in [5.41, 5.74) is -0.456. The Morgan fingerprint density at radius 3 is 2.37 bits per heavy atom. The van der Waals surface area contributed by atoms with Gasteiger partial charge in [0.1, 0.15) is 0 Å². The maximum Gasteiger partial charge on any atom is 0.312 e. The molecule has 0 saturated heterocycles. The minimum Gasteiger partial charge on any atom is -0.493 e. The first-order valence-electron chi connectivity index (χ1n) is 8.12. The predicted octanol–water partition coefficient (Wildman–Crippen LogP) is 0.819. The van der Waals surface area contributed by atoms with Crippen LogP contribution in [-0.4, -0.2) is 47.6 Å². The molecule has 0 heterocycles. The number of hydrogen-bond acceptors (Lipinski definition) is 6. The first-order chi connectivity index (χ1) is 12.7. The Hall–Kier alpha value is -2.69. The van der Waals surface area contributed by atoms with E-state index in [0.717, 1.165) is 11.0 Å². The first-order valence-corrected chi connectivity index (χ1v) is 9.61. The monoisotopic (exact) mass is 396 g/mol. The van der Waals surface area contributed by atoms with E-state index in [4.69, 9.17) is 9.47 Å². The first kappa shape index (κ1) is 20.6. The van der Waals surface area contributed by atoms with Gasteiger partial charge in [0.15, 0.2) is 11.5 Å². The van der Waals surface area contributed by atoms with Crippen molar-refractivity contribution >= 4 is 15.7 Å². The van der Waals surface area contributed by atoms with Crippen LogP contribution in [-0.2, 0) is 10.0 Å². The van der Waals surface area contributed by atoms with Crippen molar-refractivity contribution in [3.8, 4) is 17.2 Å². The van der Waals surface area contributed by atoms with E-state index in [9.17, 15) is 18.5 Å². The third kappa shape index (κ3) is 5.39. The van der Waals surface area contributed by atoms with Gasteiger partial charge in [0.2, 0.25) is 15.8 Å². The van der Waals surface area contributed by atoms with Crippen molar-refractivity contribution in [1.82, 2.24) is 4.72 Å². The zero-order chi connectivity index (χ0) is 20.0. The molecular formula is C17H22N3O6S+. The van der Waals surface area contributed by atoms with Crippen LogP contribution in [0.4, 0.5) is 5.69 Å². The Bertz CT molecular complexity index is 915. The number of ether oxygens (including phenoxy) is 2. The Kier molecular flexibility index (Phi) is 6.72. The van der Waals surface area contributed by atoms with Crippen LogP contribution in [0.15, 0.2) is 47.4 Å². The Morgan fingerprint density at radius 1 is 1.11 bits per heavy atom. The largest absolute Gasteiger partial charge is 0.493 e. The van der Waals surface area contributed by atoms with Gasteiger partial charge in [0, 0.05) is 6.07 Å². The summed E-state index contributed by atoms with van der Waals surface area (Å²) in [6.07, 6.45) is 0. The standard InChI is InChI=1S/C17H21N3O6S/c1-19(2)11-10-18-27(23,24)13-8-9-15(14(12-13)20(21)22)26-17-7-5-4-6-16(17)25-3/h4-9,12,18H,10-11H2,1-3H3/p+1. The molecule has 9 nitrogen and oxygen atoms in total. The fraction of sp³-hybridized carbons (Fsp3) is 0.294. The van der Waals surface area contributed by atoms with Crippen molar-refractivity contribution in [2.45, 2.75) is 4.90 Å². The van der Waals surface area contributed by atoms with Gasteiger partial charge in [-0.15, -0.1) is 0 Å². The van der Waals surface area contributed by atoms with E-state index < -0.39 is 20.6 Å². The van der Waals surface area contributed by atoms with E-state index in [2.05, 4.69) is 4.72 Å². The highest BCUT2D eigenvalue weighted by Crippen LogP contribution is 2.37. The van der Waals surface area contributed by atoms with Crippen LogP contribution >= 0.6 is 0 Å². The fourth-order valence-electron chi connectivity index (χ4n) is 2.23. The lowest BCUT2D eigenvalue weighted by Gasteiger charge is -2.12. The molecule has 0 atom stereocenters. The second-order valence-electron chi connectivity index (χ2n) is 5.99. The number of para-hydroxylation sites is 2. The normalized spacial score (nSPS) is 11.4. The third-order valence-corrected chi connectivity index (χ3v) is 5.10. The molecule has 0 radical (unpaired) electrons. The number of methoxy groups -OCH3 is 1. The second-order valence-corrected chi connectivity index (χ2v) is 7.76. The number of hydrogen-bond donors (Lipinski definition) is 2. The average molecular weight is 396 g/mol. The number of benzene rings is 2. The van der Waals surface area contributed by atoms with E-state index >= 15 is 0 Å². The maximum absolute atomic E-state index is 12.4. The predicted molar refractivity (Wildman–Crippen MR) is 99.0 cm³/mol. The smallest absolute Gasteiger partial charge is 0.312 e. The minimum absolute atomic E-state index is 0.0822. The van der Waals surface area contributed by atoms with Gasteiger partial charge in [-0.05, 0) is 24.3 Å². The molecule has 2 N–H and O–H groups in total. The summed E-state index contributed by atoms with van der Waals surface area (Å²) in [6.45, 7) is 0.800. The highest BCUT2D eigenvalue weighted by molar-refractivity contribution is 7.89. The summed E-state index contributed by atoms with van der Waals surface area (Å²) < 4.78 is 37.9. The minimum atomic E-state index is -3.86. The van der Waals surface area contributed by atoms with E-state index in [0.29, 0.717) is 12.3 Å². The van der Waals surface area contributed by atoms with E-state index in [-0.39, 0.29) is 22.9 Å². The van der Waals surface area contributed by atoms with Gasteiger partial charge in [-0.25, -0.2) is 13.1 Å². The Labute approximate surface area is 157 Å². The summed E-state index contributed by atoms with van der Waals surface area (Å²) in [5.74, 6) is 0.600. The molecule has 0 saturated carbocycles. The number of nitro benzene ring substituents is 1. The Morgan fingerprint density at radius 2 is 1.78 bits per heavy atom. The van der Waals surface area contributed by atoms with Gasteiger partial charge >= 0.3 is 5.69 Å². The van der Waals surface area contributed by atoms with E-state index in [1.807, 2.05) is 14.1 Å². The van der Waals surface area contributed by atoms with Crippen LogP contribution in [0.5, 0.6) is 17.2 Å². The Balaban J connectivity index is 2.33. The second kappa shape index (κ2) is 8.80. The lowest BCUT2D eigenvalue weighted by Crippen LogP contribution is -3.06. The molecular weight excluding hydrogens is 374 g/mol. The van der Waals surface area contributed by atoms with Crippen LogP contribution in [0.3, 0.4) is 0 Å². The molecule has 0 bridgehead atoms. The van der Waals surface area contributed by atoms with Crippen molar-refractivity contribution in [2.75, 3.05) is 34.3 Å². The lowest BCUT2D eigenvalue weighted by atomic mass is 10.3. The van der Waals surface area contributed by atoms with Crippen LogP contribution in [0, 0.1) is 10.1 Å². The zero-order valence-electron chi connectivity index (χ0n) is 15.3. The molecule has 0 unspecified atom stereocenters. The van der Waals surface area contributed by atoms with Gasteiger partial charge in [-0.1, -0.05) is 12.1 Å². The van der Waals surface area contributed by atoms with Crippen LogP contribution < -0.4 is 19.1 Å². The van der Waals surface area contributed by atoms with Gasteiger partial charge < -0.3 is 14.4 Å². The quantitative estimate of drug-likeness (QED) is 0.479. The number of rotatable bonds is 9. The molecule has 2 aromatic rings. The zero-order valence-corrected chi connectivity index (χ0v) is 16.1. The number of sulfonamides is 1. The molecule has 0 aliphatic heterocycles. The molecule has 0 fully saturated rings.